The third kappa shape index (κ3) is 4.76. The number of carbonyl (C=O) groups is 1. The fraction of sp³-hybridized carbons (Fsp3) is 0.235. The van der Waals surface area contributed by atoms with Crippen molar-refractivity contribution >= 4 is 21.8 Å². The van der Waals surface area contributed by atoms with Gasteiger partial charge in [0, 0.05) is 4.47 Å². The lowest BCUT2D eigenvalue weighted by atomic mass is 10.1. The minimum atomic E-state index is -0.867. The highest BCUT2D eigenvalue weighted by Crippen LogP contribution is 2.22. The SMILES string of the molecule is C[C@H](Oc1ccc(Br)cc1F)C(=O)N[C@H](C)c1ccc(F)cc1. The minimum absolute atomic E-state index is 0.00489. The zero-order valence-corrected chi connectivity index (χ0v) is 14.2. The summed E-state index contributed by atoms with van der Waals surface area (Å²) in [6.07, 6.45) is -0.867. The van der Waals surface area contributed by atoms with E-state index in [2.05, 4.69) is 21.2 Å². The maximum Gasteiger partial charge on any atom is 0.261 e. The van der Waals surface area contributed by atoms with Gasteiger partial charge in [-0.3, -0.25) is 4.79 Å². The normalized spacial score (nSPS) is 13.3. The summed E-state index contributed by atoms with van der Waals surface area (Å²) in [6, 6.07) is 9.88. The molecule has 122 valence electrons. The maximum atomic E-state index is 13.7. The summed E-state index contributed by atoms with van der Waals surface area (Å²) in [7, 11) is 0. The number of benzene rings is 2. The number of carbonyl (C=O) groups excluding carboxylic acids is 1. The predicted octanol–water partition coefficient (Wildman–Crippen LogP) is 4.37. The summed E-state index contributed by atoms with van der Waals surface area (Å²) in [5.41, 5.74) is 0.766. The van der Waals surface area contributed by atoms with Crippen LogP contribution >= 0.6 is 15.9 Å². The van der Waals surface area contributed by atoms with Crippen molar-refractivity contribution in [3.8, 4) is 5.75 Å². The van der Waals surface area contributed by atoms with Gasteiger partial charge in [0.05, 0.1) is 6.04 Å². The highest BCUT2D eigenvalue weighted by Gasteiger charge is 2.19. The molecule has 0 spiro atoms. The van der Waals surface area contributed by atoms with E-state index in [1.807, 2.05) is 0 Å². The summed E-state index contributed by atoms with van der Waals surface area (Å²) in [6.45, 7) is 3.31. The fourth-order valence-electron chi connectivity index (χ4n) is 1.98. The Labute approximate surface area is 141 Å². The lowest BCUT2D eigenvalue weighted by Gasteiger charge is -2.19. The molecule has 3 nitrogen and oxygen atoms in total. The molecule has 0 bridgehead atoms. The van der Waals surface area contributed by atoms with E-state index in [1.54, 1.807) is 25.1 Å². The number of amides is 1. The van der Waals surface area contributed by atoms with Gasteiger partial charge in [0.1, 0.15) is 5.82 Å². The molecule has 0 saturated carbocycles. The summed E-state index contributed by atoms with van der Waals surface area (Å²) in [4.78, 5) is 12.1. The zero-order chi connectivity index (χ0) is 17.0. The topological polar surface area (TPSA) is 38.3 Å². The molecule has 1 N–H and O–H groups in total. The third-order valence-electron chi connectivity index (χ3n) is 3.30. The number of hydrogen-bond donors (Lipinski definition) is 1. The summed E-state index contributed by atoms with van der Waals surface area (Å²) >= 11 is 3.15. The van der Waals surface area contributed by atoms with Gasteiger partial charge in [0.25, 0.3) is 5.91 Å². The van der Waals surface area contributed by atoms with Crippen LogP contribution in [0.15, 0.2) is 46.9 Å². The van der Waals surface area contributed by atoms with E-state index < -0.39 is 11.9 Å². The van der Waals surface area contributed by atoms with Crippen LogP contribution in [0, 0.1) is 11.6 Å². The average Bonchev–Trinajstić information content (AvgIpc) is 2.50. The number of hydrogen-bond acceptors (Lipinski definition) is 2. The third-order valence-corrected chi connectivity index (χ3v) is 3.79. The van der Waals surface area contributed by atoms with Gasteiger partial charge in [-0.05, 0) is 49.7 Å². The Morgan fingerprint density at radius 2 is 1.78 bits per heavy atom. The molecule has 0 aliphatic heterocycles. The van der Waals surface area contributed by atoms with Crippen molar-refractivity contribution in [1.82, 2.24) is 5.32 Å². The van der Waals surface area contributed by atoms with Gasteiger partial charge in [-0.2, -0.15) is 0 Å². The van der Waals surface area contributed by atoms with Gasteiger partial charge in [-0.15, -0.1) is 0 Å². The predicted molar refractivity (Wildman–Crippen MR) is 87.1 cm³/mol. The molecule has 0 unspecified atom stereocenters. The molecular weight excluding hydrogens is 368 g/mol. The van der Waals surface area contributed by atoms with Crippen molar-refractivity contribution in [2.75, 3.05) is 0 Å². The standard InChI is InChI=1S/C17H16BrF2NO2/c1-10(12-3-6-14(19)7-4-12)21-17(22)11(2)23-16-8-5-13(18)9-15(16)20/h3-11H,1-2H3,(H,21,22)/t10-,11+/m1/s1. The second kappa shape index (κ2) is 7.55. The van der Waals surface area contributed by atoms with E-state index in [0.717, 1.165) is 5.56 Å². The first-order chi connectivity index (χ1) is 10.9. The van der Waals surface area contributed by atoms with Gasteiger partial charge in [-0.1, -0.05) is 28.1 Å². The Balaban J connectivity index is 1.98. The Morgan fingerprint density at radius 3 is 2.39 bits per heavy atom. The van der Waals surface area contributed by atoms with Gasteiger partial charge >= 0.3 is 0 Å². The number of ether oxygens (including phenoxy) is 1. The van der Waals surface area contributed by atoms with Crippen molar-refractivity contribution in [2.45, 2.75) is 26.0 Å². The molecule has 0 heterocycles. The molecule has 2 rings (SSSR count). The molecule has 0 aromatic heterocycles. The van der Waals surface area contributed by atoms with Gasteiger partial charge in [0.15, 0.2) is 17.7 Å². The maximum absolute atomic E-state index is 13.7. The van der Waals surface area contributed by atoms with Crippen LogP contribution in [0.1, 0.15) is 25.5 Å². The van der Waals surface area contributed by atoms with Crippen molar-refractivity contribution < 1.29 is 18.3 Å². The van der Waals surface area contributed by atoms with Crippen LogP contribution in [0.4, 0.5) is 8.78 Å². The summed E-state index contributed by atoms with van der Waals surface area (Å²) in [5.74, 6) is -1.27. The molecule has 1 amide bonds. The highest BCUT2D eigenvalue weighted by atomic mass is 79.9. The van der Waals surface area contributed by atoms with Crippen LogP contribution in [-0.4, -0.2) is 12.0 Å². The van der Waals surface area contributed by atoms with E-state index in [0.29, 0.717) is 4.47 Å². The van der Waals surface area contributed by atoms with E-state index >= 15 is 0 Å². The second-order valence-electron chi connectivity index (χ2n) is 5.12. The van der Waals surface area contributed by atoms with Gasteiger partial charge in [-0.25, -0.2) is 8.78 Å². The minimum Gasteiger partial charge on any atom is -0.478 e. The lowest BCUT2D eigenvalue weighted by Crippen LogP contribution is -2.37. The summed E-state index contributed by atoms with van der Waals surface area (Å²) < 4.78 is 32.6. The monoisotopic (exact) mass is 383 g/mol. The van der Waals surface area contributed by atoms with Crippen molar-refractivity contribution in [3.05, 3.63) is 64.1 Å². The van der Waals surface area contributed by atoms with E-state index in [1.165, 1.54) is 31.2 Å². The Bertz CT molecular complexity index is 691. The summed E-state index contributed by atoms with van der Waals surface area (Å²) in [5, 5.41) is 2.75. The van der Waals surface area contributed by atoms with Crippen molar-refractivity contribution in [1.29, 1.82) is 0 Å². The quantitative estimate of drug-likeness (QED) is 0.832. The molecule has 0 saturated heterocycles. The van der Waals surface area contributed by atoms with E-state index in [-0.39, 0.29) is 23.5 Å². The molecule has 0 aliphatic carbocycles. The molecule has 2 aromatic carbocycles. The molecule has 6 heteroatoms. The first-order valence-electron chi connectivity index (χ1n) is 7.04. The number of rotatable bonds is 5. The van der Waals surface area contributed by atoms with Crippen molar-refractivity contribution in [2.24, 2.45) is 0 Å². The van der Waals surface area contributed by atoms with Crippen LogP contribution in [-0.2, 0) is 4.79 Å². The molecule has 2 atom stereocenters. The largest absolute Gasteiger partial charge is 0.478 e. The lowest BCUT2D eigenvalue weighted by molar-refractivity contribution is -0.128. The first kappa shape index (κ1) is 17.4. The number of nitrogens with one attached hydrogen (secondary N) is 1. The van der Waals surface area contributed by atoms with E-state index in [4.69, 9.17) is 4.74 Å². The van der Waals surface area contributed by atoms with Gasteiger partial charge < -0.3 is 10.1 Å². The van der Waals surface area contributed by atoms with Crippen LogP contribution < -0.4 is 10.1 Å². The van der Waals surface area contributed by atoms with Crippen LogP contribution in [0.5, 0.6) is 5.75 Å². The smallest absolute Gasteiger partial charge is 0.261 e. The van der Waals surface area contributed by atoms with Gasteiger partial charge in [0.2, 0.25) is 0 Å². The Morgan fingerprint density at radius 1 is 1.13 bits per heavy atom. The zero-order valence-electron chi connectivity index (χ0n) is 12.6. The van der Waals surface area contributed by atoms with Crippen LogP contribution in [0.3, 0.4) is 0 Å². The van der Waals surface area contributed by atoms with Crippen LogP contribution in [0.2, 0.25) is 0 Å². The van der Waals surface area contributed by atoms with E-state index in [9.17, 15) is 13.6 Å². The fourth-order valence-corrected chi connectivity index (χ4v) is 2.31. The molecule has 2 aromatic rings. The average molecular weight is 384 g/mol. The molecule has 0 radical (unpaired) electrons. The van der Waals surface area contributed by atoms with Crippen molar-refractivity contribution in [3.63, 3.8) is 0 Å². The first-order valence-corrected chi connectivity index (χ1v) is 7.83. The Hall–Kier alpha value is -1.95. The number of halogens is 3. The molecule has 0 fully saturated rings. The molecular formula is C17H16BrF2NO2. The molecule has 23 heavy (non-hydrogen) atoms. The Kier molecular flexibility index (Phi) is 5.71. The molecule has 0 aliphatic rings. The second-order valence-corrected chi connectivity index (χ2v) is 6.03. The van der Waals surface area contributed by atoms with Crippen LogP contribution in [0.25, 0.3) is 0 Å². The highest BCUT2D eigenvalue weighted by molar-refractivity contribution is 9.10.